The van der Waals surface area contributed by atoms with Crippen molar-refractivity contribution >= 4 is 5.71 Å². The molecule has 0 saturated heterocycles. The fourth-order valence-electron chi connectivity index (χ4n) is 3.36. The number of hydrogen-bond acceptors (Lipinski definition) is 2. The summed E-state index contributed by atoms with van der Waals surface area (Å²) in [6, 6.07) is 7.43. The van der Waals surface area contributed by atoms with E-state index in [-0.39, 0.29) is 5.56 Å². The summed E-state index contributed by atoms with van der Waals surface area (Å²) in [5.74, 6) is -1.66. The van der Waals surface area contributed by atoms with E-state index in [1.807, 2.05) is 24.5 Å². The molecule has 0 amide bonds. The first kappa shape index (κ1) is 19.2. The maximum atomic E-state index is 13.3. The van der Waals surface area contributed by atoms with Gasteiger partial charge in [0.15, 0.2) is 11.6 Å². The number of fused-ring (bicyclic) bond motifs is 1. The number of rotatable bonds is 5. The van der Waals surface area contributed by atoms with E-state index < -0.39 is 11.6 Å². The molecule has 0 atom stereocenters. The summed E-state index contributed by atoms with van der Waals surface area (Å²) < 4.78 is 28.2. The van der Waals surface area contributed by atoms with Gasteiger partial charge in [-0.05, 0) is 63.3 Å². The molecule has 3 nitrogen and oxygen atoms in total. The summed E-state index contributed by atoms with van der Waals surface area (Å²) in [5, 5.41) is 0. The number of nitrogens with zero attached hydrogens (tertiary/aromatic N) is 2. The van der Waals surface area contributed by atoms with Crippen LogP contribution in [0.3, 0.4) is 0 Å². The minimum atomic E-state index is -0.833. The molecule has 1 aliphatic carbocycles. The number of allylic oxidation sites excluding steroid dienone is 2. The predicted octanol–water partition coefficient (Wildman–Crippen LogP) is 4.46. The number of pyridine rings is 1. The molecule has 0 N–H and O–H groups in total. The number of benzene rings is 1. The standard InChI is InChI=1S/C22H24F2N2O/c1-15(2)11-13-26-21-5-3-4-20(17(21)7-9-22(26)27)25-12-10-16-6-8-18(23)19(24)14-16/h6-9,11,14H,3-5,10,12-13H2,1-2H3. The Labute approximate surface area is 158 Å². The van der Waals surface area contributed by atoms with Gasteiger partial charge in [0.2, 0.25) is 0 Å². The Morgan fingerprint density at radius 2 is 1.96 bits per heavy atom. The molecule has 1 heterocycles. The van der Waals surface area contributed by atoms with Gasteiger partial charge in [0.25, 0.3) is 5.56 Å². The minimum Gasteiger partial charge on any atom is -0.308 e. The molecule has 0 saturated carbocycles. The maximum absolute atomic E-state index is 13.3. The lowest BCUT2D eigenvalue weighted by Crippen LogP contribution is -2.28. The van der Waals surface area contributed by atoms with Crippen molar-refractivity contribution in [1.29, 1.82) is 0 Å². The Bertz CT molecular complexity index is 953. The molecule has 27 heavy (non-hydrogen) atoms. The number of hydrogen-bond donors (Lipinski definition) is 0. The zero-order valence-corrected chi connectivity index (χ0v) is 15.8. The Kier molecular flexibility index (Phi) is 5.99. The number of halogens is 2. The molecule has 1 aromatic heterocycles. The maximum Gasteiger partial charge on any atom is 0.251 e. The third-order valence-corrected chi connectivity index (χ3v) is 4.80. The van der Waals surface area contributed by atoms with Crippen LogP contribution in [0.25, 0.3) is 0 Å². The van der Waals surface area contributed by atoms with Gasteiger partial charge in [-0.25, -0.2) is 8.78 Å². The van der Waals surface area contributed by atoms with E-state index in [2.05, 4.69) is 6.08 Å². The first-order valence-electron chi connectivity index (χ1n) is 9.29. The SMILES string of the molecule is CC(C)=CCn1c2c(ccc1=O)C(=NCCc1ccc(F)c(F)c1)CCC2. The van der Waals surface area contributed by atoms with E-state index in [1.165, 1.54) is 11.6 Å². The fourth-order valence-corrected chi connectivity index (χ4v) is 3.36. The second kappa shape index (κ2) is 8.42. The van der Waals surface area contributed by atoms with E-state index in [0.29, 0.717) is 19.5 Å². The topological polar surface area (TPSA) is 34.4 Å². The summed E-state index contributed by atoms with van der Waals surface area (Å²) in [4.78, 5) is 17.0. The lowest BCUT2D eigenvalue weighted by atomic mass is 9.93. The van der Waals surface area contributed by atoms with Crippen LogP contribution in [-0.2, 0) is 19.4 Å². The van der Waals surface area contributed by atoms with E-state index in [0.717, 1.165) is 47.9 Å². The summed E-state index contributed by atoms with van der Waals surface area (Å²) in [5.41, 5.74) is 4.98. The molecular weight excluding hydrogens is 346 g/mol. The zero-order chi connectivity index (χ0) is 19.4. The molecule has 142 valence electrons. The van der Waals surface area contributed by atoms with Crippen molar-refractivity contribution < 1.29 is 8.78 Å². The van der Waals surface area contributed by atoms with Gasteiger partial charge in [-0.1, -0.05) is 17.7 Å². The average molecular weight is 370 g/mol. The van der Waals surface area contributed by atoms with Crippen LogP contribution in [0.5, 0.6) is 0 Å². The number of aliphatic imine (C=N–C) groups is 1. The Morgan fingerprint density at radius 3 is 2.70 bits per heavy atom. The van der Waals surface area contributed by atoms with Crippen LogP contribution in [0.1, 0.15) is 43.5 Å². The molecular formula is C22H24F2N2O. The molecule has 0 unspecified atom stereocenters. The molecule has 0 bridgehead atoms. The molecule has 5 heteroatoms. The van der Waals surface area contributed by atoms with E-state index in [4.69, 9.17) is 4.99 Å². The van der Waals surface area contributed by atoms with Crippen molar-refractivity contribution in [3.05, 3.63) is 80.8 Å². The lowest BCUT2D eigenvalue weighted by Gasteiger charge is -2.22. The van der Waals surface area contributed by atoms with Gasteiger partial charge >= 0.3 is 0 Å². The second-order valence-corrected chi connectivity index (χ2v) is 7.10. The van der Waals surface area contributed by atoms with Crippen LogP contribution in [0.2, 0.25) is 0 Å². The van der Waals surface area contributed by atoms with Gasteiger partial charge in [-0.2, -0.15) is 0 Å². The number of aromatic nitrogens is 1. The van der Waals surface area contributed by atoms with Crippen molar-refractivity contribution in [2.24, 2.45) is 4.99 Å². The Hall–Kier alpha value is -2.56. The van der Waals surface area contributed by atoms with Gasteiger partial charge in [0, 0.05) is 36.1 Å². The van der Waals surface area contributed by atoms with Gasteiger partial charge < -0.3 is 4.57 Å². The third-order valence-electron chi connectivity index (χ3n) is 4.80. The molecule has 0 radical (unpaired) electrons. The molecule has 0 fully saturated rings. The fraction of sp³-hybridized carbons (Fsp3) is 0.364. The highest BCUT2D eigenvalue weighted by Gasteiger charge is 2.19. The van der Waals surface area contributed by atoms with Crippen LogP contribution >= 0.6 is 0 Å². The first-order chi connectivity index (χ1) is 13.0. The highest BCUT2D eigenvalue weighted by molar-refractivity contribution is 6.02. The van der Waals surface area contributed by atoms with E-state index >= 15 is 0 Å². The van der Waals surface area contributed by atoms with Crippen molar-refractivity contribution in [3.8, 4) is 0 Å². The summed E-state index contributed by atoms with van der Waals surface area (Å²) in [6.45, 7) is 5.12. The van der Waals surface area contributed by atoms with Gasteiger partial charge in [-0.3, -0.25) is 9.79 Å². The quantitative estimate of drug-likeness (QED) is 0.716. The third kappa shape index (κ3) is 4.59. The largest absolute Gasteiger partial charge is 0.308 e. The Morgan fingerprint density at radius 1 is 1.15 bits per heavy atom. The summed E-state index contributed by atoms with van der Waals surface area (Å²) in [6.07, 6.45) is 5.29. The molecule has 1 aliphatic rings. The van der Waals surface area contributed by atoms with E-state index in [1.54, 1.807) is 12.1 Å². The van der Waals surface area contributed by atoms with Gasteiger partial charge in [-0.15, -0.1) is 0 Å². The molecule has 2 aromatic rings. The Balaban J connectivity index is 1.82. The van der Waals surface area contributed by atoms with Crippen molar-refractivity contribution in [2.75, 3.05) is 6.54 Å². The average Bonchev–Trinajstić information content (AvgIpc) is 2.63. The van der Waals surface area contributed by atoms with Crippen LogP contribution < -0.4 is 5.56 Å². The van der Waals surface area contributed by atoms with Gasteiger partial charge in [0.1, 0.15) is 0 Å². The molecule has 1 aromatic carbocycles. The monoisotopic (exact) mass is 370 g/mol. The van der Waals surface area contributed by atoms with Crippen molar-refractivity contribution in [2.45, 2.75) is 46.1 Å². The smallest absolute Gasteiger partial charge is 0.251 e. The van der Waals surface area contributed by atoms with E-state index in [9.17, 15) is 13.6 Å². The molecule has 0 spiro atoms. The van der Waals surface area contributed by atoms with Crippen LogP contribution in [-0.4, -0.2) is 16.8 Å². The van der Waals surface area contributed by atoms with Crippen LogP contribution in [0.4, 0.5) is 8.78 Å². The van der Waals surface area contributed by atoms with Crippen LogP contribution in [0.15, 0.2) is 51.8 Å². The highest BCUT2D eigenvalue weighted by Crippen LogP contribution is 2.21. The molecule has 0 aliphatic heterocycles. The first-order valence-corrected chi connectivity index (χ1v) is 9.29. The zero-order valence-electron chi connectivity index (χ0n) is 15.8. The predicted molar refractivity (Wildman–Crippen MR) is 105 cm³/mol. The lowest BCUT2D eigenvalue weighted by molar-refractivity contribution is 0.507. The van der Waals surface area contributed by atoms with Crippen molar-refractivity contribution in [1.82, 2.24) is 4.57 Å². The summed E-state index contributed by atoms with van der Waals surface area (Å²) >= 11 is 0. The van der Waals surface area contributed by atoms with Gasteiger partial charge in [0.05, 0.1) is 0 Å². The van der Waals surface area contributed by atoms with Crippen molar-refractivity contribution in [3.63, 3.8) is 0 Å². The summed E-state index contributed by atoms with van der Waals surface area (Å²) in [7, 11) is 0. The normalized spacial score (nSPS) is 14.9. The highest BCUT2D eigenvalue weighted by atomic mass is 19.2. The molecule has 3 rings (SSSR count). The minimum absolute atomic E-state index is 0.00860. The second-order valence-electron chi connectivity index (χ2n) is 7.10. The van der Waals surface area contributed by atoms with Crippen LogP contribution in [0, 0.1) is 11.6 Å².